The zero-order valence-electron chi connectivity index (χ0n) is 24.3. The van der Waals surface area contributed by atoms with Crippen molar-refractivity contribution < 1.29 is 40.5 Å². The van der Waals surface area contributed by atoms with Gasteiger partial charge in [0.05, 0.1) is 60.7 Å². The number of fused-ring (bicyclic) bond motifs is 2. The van der Waals surface area contributed by atoms with E-state index in [9.17, 15) is 26.4 Å². The molecule has 230 valence electrons. The van der Waals surface area contributed by atoms with Crippen LogP contribution < -0.4 is 14.4 Å². The summed E-state index contributed by atoms with van der Waals surface area (Å²) in [7, 11) is -6.19. The summed E-state index contributed by atoms with van der Waals surface area (Å²) in [5, 5.41) is 5.27. The number of benzene rings is 3. The predicted molar refractivity (Wildman–Crippen MR) is 166 cm³/mol. The molecule has 0 saturated heterocycles. The number of pyridine rings is 1. The molecule has 0 bridgehead atoms. The smallest absolute Gasteiger partial charge is 0.306 e. The van der Waals surface area contributed by atoms with Gasteiger partial charge in [-0.3, -0.25) is 14.1 Å². The van der Waals surface area contributed by atoms with E-state index in [1.54, 1.807) is 13.0 Å². The number of methoxy groups -OCH3 is 1. The molecule has 12 nitrogen and oxygen atoms in total. The number of amides is 1. The number of nitrogens with one attached hydrogen (secondary N) is 1. The van der Waals surface area contributed by atoms with Gasteiger partial charge < -0.3 is 14.8 Å². The van der Waals surface area contributed by atoms with Crippen molar-refractivity contribution in [3.8, 4) is 5.75 Å². The van der Waals surface area contributed by atoms with Crippen molar-refractivity contribution in [2.45, 2.75) is 26.7 Å². The van der Waals surface area contributed by atoms with Crippen LogP contribution in [0.3, 0.4) is 0 Å². The third-order valence-corrected chi connectivity index (χ3v) is 7.08. The molecule has 0 fully saturated rings. The van der Waals surface area contributed by atoms with Crippen molar-refractivity contribution in [2.75, 3.05) is 35.9 Å². The molecular weight excluding hydrogens is 598 g/mol. The monoisotopic (exact) mass is 631 g/mol. The Labute approximate surface area is 250 Å². The van der Waals surface area contributed by atoms with Gasteiger partial charge in [-0.25, -0.2) is 17.7 Å². The van der Waals surface area contributed by atoms with E-state index in [1.807, 2.05) is 49.4 Å². The maximum Gasteiger partial charge on any atom is 0.306 e. The van der Waals surface area contributed by atoms with Gasteiger partial charge in [-0.2, -0.15) is 8.42 Å². The molecule has 1 amide bonds. The Morgan fingerprint density at radius 2 is 1.60 bits per heavy atom. The van der Waals surface area contributed by atoms with E-state index < -0.39 is 32.0 Å². The molecule has 1 heterocycles. The Morgan fingerprint density at radius 1 is 0.953 bits per heavy atom. The quantitative estimate of drug-likeness (QED) is 0.151. The summed E-state index contributed by atoms with van der Waals surface area (Å²) in [5.74, 6) is -0.987. The topological polar surface area (TPSA) is 169 Å². The average Bonchev–Trinajstić information content (AvgIpc) is 2.91. The van der Waals surface area contributed by atoms with Gasteiger partial charge in [-0.15, -0.1) is 0 Å². The number of para-hydroxylation sites is 2. The maximum atomic E-state index is 12.9. The van der Waals surface area contributed by atoms with Crippen molar-refractivity contribution in [1.29, 1.82) is 0 Å². The molecule has 2 N–H and O–H groups in total. The summed E-state index contributed by atoms with van der Waals surface area (Å²) < 4.78 is 62.1. The summed E-state index contributed by atoms with van der Waals surface area (Å²) in [5.41, 5.74) is 4.21. The minimum Gasteiger partial charge on any atom is -0.494 e. The maximum absolute atomic E-state index is 12.9. The number of aromatic nitrogens is 1. The molecule has 3 aromatic carbocycles. The SMILES string of the molecule is CCOC(=O)CCC(=O)N(c1ccc(Nc2c3ccccc3nc3c(C)cccc23)c(OC)c1)S(C)(=O)=O.CS(=O)(=O)O. The minimum absolute atomic E-state index is 0.101. The van der Waals surface area contributed by atoms with Gasteiger partial charge in [0, 0.05) is 23.3 Å². The van der Waals surface area contributed by atoms with Crippen LogP contribution >= 0.6 is 0 Å². The van der Waals surface area contributed by atoms with Gasteiger partial charge in [0.1, 0.15) is 5.75 Å². The van der Waals surface area contributed by atoms with Crippen LogP contribution in [0, 0.1) is 6.92 Å². The van der Waals surface area contributed by atoms with E-state index in [2.05, 4.69) is 5.32 Å². The van der Waals surface area contributed by atoms with E-state index >= 15 is 0 Å². The van der Waals surface area contributed by atoms with E-state index in [-0.39, 0.29) is 25.1 Å². The normalized spacial score (nSPS) is 11.4. The molecule has 14 heteroatoms. The first-order chi connectivity index (χ1) is 20.1. The molecule has 0 aliphatic carbocycles. The number of anilines is 3. The number of esters is 1. The lowest BCUT2D eigenvalue weighted by atomic mass is 10.0. The molecule has 0 aliphatic heterocycles. The lowest BCUT2D eigenvalue weighted by Gasteiger charge is -2.22. The van der Waals surface area contributed by atoms with Gasteiger partial charge in [0.25, 0.3) is 10.1 Å². The number of aryl methyl sites for hydroxylation is 1. The molecule has 4 rings (SSSR count). The van der Waals surface area contributed by atoms with Gasteiger partial charge in [0.2, 0.25) is 15.9 Å². The van der Waals surface area contributed by atoms with Crippen LogP contribution in [-0.4, -0.2) is 64.5 Å². The van der Waals surface area contributed by atoms with Crippen LogP contribution in [0.4, 0.5) is 17.1 Å². The Bertz CT molecular complexity index is 1870. The van der Waals surface area contributed by atoms with Crippen molar-refractivity contribution in [3.63, 3.8) is 0 Å². The second-order valence-electron chi connectivity index (χ2n) is 9.44. The number of rotatable bonds is 9. The first-order valence-electron chi connectivity index (χ1n) is 13.0. The Balaban J connectivity index is 0.000000934. The average molecular weight is 632 g/mol. The standard InChI is InChI=1S/C28H29N3O6S.CH4O3S/c1-5-37-26(33)16-15-25(32)31(38(4,34)35)19-13-14-23(24(17-19)36-3)30-28-20-10-6-7-12-22(20)29-27-18(2)9-8-11-21(27)28;1-5(2,3)4/h6-14,17H,5,15-16H2,1-4H3,(H,29,30);1H3,(H,2,3,4). The molecule has 0 atom stereocenters. The highest BCUT2D eigenvalue weighted by atomic mass is 32.2. The number of ether oxygens (including phenoxy) is 2. The number of sulfonamides is 1. The number of hydrogen-bond donors (Lipinski definition) is 2. The lowest BCUT2D eigenvalue weighted by Crippen LogP contribution is -2.36. The van der Waals surface area contributed by atoms with Gasteiger partial charge in [-0.1, -0.05) is 36.4 Å². The third-order valence-electron chi connectivity index (χ3n) is 6.00. The highest BCUT2D eigenvalue weighted by Crippen LogP contribution is 2.38. The van der Waals surface area contributed by atoms with E-state index in [1.165, 1.54) is 19.2 Å². The van der Waals surface area contributed by atoms with Crippen molar-refractivity contribution >= 4 is 70.9 Å². The highest BCUT2D eigenvalue weighted by Gasteiger charge is 2.27. The van der Waals surface area contributed by atoms with Crippen LogP contribution in [0.15, 0.2) is 60.7 Å². The second-order valence-corrected chi connectivity index (χ2v) is 12.7. The van der Waals surface area contributed by atoms with Crippen LogP contribution in [-0.2, 0) is 34.5 Å². The first kappa shape index (κ1) is 33.2. The Kier molecular flexibility index (Phi) is 10.7. The number of carbonyl (C=O) groups is 2. The summed E-state index contributed by atoms with van der Waals surface area (Å²) in [6.07, 6.45) is 1.11. The molecule has 0 aliphatic rings. The molecule has 0 spiro atoms. The van der Waals surface area contributed by atoms with Gasteiger partial charge in [-0.05, 0) is 37.6 Å². The molecular formula is C29H33N3O9S2. The third kappa shape index (κ3) is 8.86. The largest absolute Gasteiger partial charge is 0.494 e. The molecule has 0 saturated carbocycles. The molecule has 0 radical (unpaired) electrons. The van der Waals surface area contributed by atoms with Crippen molar-refractivity contribution in [2.24, 2.45) is 0 Å². The zero-order chi connectivity index (χ0) is 31.9. The first-order valence-corrected chi connectivity index (χ1v) is 16.7. The Morgan fingerprint density at radius 3 is 2.23 bits per heavy atom. The van der Waals surface area contributed by atoms with Crippen LogP contribution in [0.1, 0.15) is 25.3 Å². The van der Waals surface area contributed by atoms with Gasteiger partial charge >= 0.3 is 5.97 Å². The number of hydrogen-bond acceptors (Lipinski definition) is 10. The fourth-order valence-corrected chi connectivity index (χ4v) is 5.26. The summed E-state index contributed by atoms with van der Waals surface area (Å²) >= 11 is 0. The van der Waals surface area contributed by atoms with E-state index in [0.717, 1.165) is 39.3 Å². The van der Waals surface area contributed by atoms with Crippen molar-refractivity contribution in [1.82, 2.24) is 4.98 Å². The summed E-state index contributed by atoms with van der Waals surface area (Å²) in [4.78, 5) is 29.4. The fraction of sp³-hybridized carbons (Fsp3) is 0.276. The fourth-order valence-electron chi connectivity index (χ4n) is 4.30. The lowest BCUT2D eigenvalue weighted by molar-refractivity contribution is -0.144. The highest BCUT2D eigenvalue weighted by molar-refractivity contribution is 7.92. The number of carbonyl (C=O) groups excluding carboxylic acids is 2. The predicted octanol–water partition coefficient (Wildman–Crippen LogP) is 4.59. The van der Waals surface area contributed by atoms with Crippen LogP contribution in [0.5, 0.6) is 5.75 Å². The molecule has 43 heavy (non-hydrogen) atoms. The van der Waals surface area contributed by atoms with E-state index in [4.69, 9.17) is 19.0 Å². The Hall–Kier alpha value is -4.27. The zero-order valence-corrected chi connectivity index (χ0v) is 26.0. The van der Waals surface area contributed by atoms with Crippen LogP contribution in [0.2, 0.25) is 0 Å². The molecule has 4 aromatic rings. The molecule has 1 aromatic heterocycles. The van der Waals surface area contributed by atoms with Crippen LogP contribution in [0.25, 0.3) is 21.8 Å². The summed E-state index contributed by atoms with van der Waals surface area (Å²) in [6, 6.07) is 18.4. The minimum atomic E-state index is -3.99. The van der Waals surface area contributed by atoms with Gasteiger partial charge in [0.15, 0.2) is 0 Å². The molecule has 0 unspecified atom stereocenters. The second kappa shape index (κ2) is 13.8. The number of nitrogens with zero attached hydrogens (tertiary/aromatic N) is 2. The van der Waals surface area contributed by atoms with Crippen molar-refractivity contribution in [3.05, 3.63) is 66.2 Å². The summed E-state index contributed by atoms with van der Waals surface area (Å²) in [6.45, 7) is 3.83. The van der Waals surface area contributed by atoms with E-state index in [0.29, 0.717) is 22.0 Å².